The maximum Gasteiger partial charge on any atom is 0.264 e. The maximum atomic E-state index is 13.1. The molecule has 19 heavy (non-hydrogen) atoms. The molecular weight excluding hydrogens is 271 g/mol. The van der Waals surface area contributed by atoms with Gasteiger partial charge in [0.1, 0.15) is 5.82 Å². The summed E-state index contributed by atoms with van der Waals surface area (Å²) in [7, 11) is -3.50. The molecule has 0 aliphatic rings. The Morgan fingerprint density at radius 3 is 2.79 bits per heavy atom. The molecule has 0 saturated carbocycles. The van der Waals surface area contributed by atoms with Gasteiger partial charge in [0.25, 0.3) is 10.1 Å². The molecule has 0 radical (unpaired) electrons. The largest absolute Gasteiger partial charge is 0.265 e. The van der Waals surface area contributed by atoms with E-state index in [4.69, 9.17) is 4.18 Å². The lowest BCUT2D eigenvalue weighted by Gasteiger charge is -2.00. The van der Waals surface area contributed by atoms with Gasteiger partial charge < -0.3 is 0 Å². The summed E-state index contributed by atoms with van der Waals surface area (Å²) in [6.07, 6.45) is 2.61. The second kappa shape index (κ2) is 5.10. The molecule has 0 aliphatic carbocycles. The van der Waals surface area contributed by atoms with E-state index >= 15 is 0 Å². The smallest absolute Gasteiger partial charge is 0.264 e. The molecule has 0 bridgehead atoms. The number of halogens is 1. The van der Waals surface area contributed by atoms with E-state index in [-0.39, 0.29) is 12.4 Å². The molecule has 5 nitrogen and oxygen atoms in total. The molecule has 2 rings (SSSR count). The fraction of sp³-hybridized carbons (Fsp3) is 0.250. The van der Waals surface area contributed by atoms with Gasteiger partial charge >= 0.3 is 0 Å². The minimum absolute atomic E-state index is 0.0834. The van der Waals surface area contributed by atoms with Crippen LogP contribution in [-0.4, -0.2) is 24.5 Å². The molecule has 0 spiro atoms. The van der Waals surface area contributed by atoms with Crippen LogP contribution in [0, 0.1) is 12.7 Å². The van der Waals surface area contributed by atoms with E-state index in [1.165, 1.54) is 16.8 Å². The quantitative estimate of drug-likeness (QED) is 0.803. The first-order valence-electron chi connectivity index (χ1n) is 5.50. The van der Waals surface area contributed by atoms with Gasteiger partial charge in [0.15, 0.2) is 0 Å². The van der Waals surface area contributed by atoms with Crippen molar-refractivity contribution in [3.63, 3.8) is 0 Å². The van der Waals surface area contributed by atoms with E-state index in [1.807, 2.05) is 0 Å². The van der Waals surface area contributed by atoms with Gasteiger partial charge in [0.05, 0.1) is 24.2 Å². The lowest BCUT2D eigenvalue weighted by Crippen LogP contribution is -2.02. The summed E-state index contributed by atoms with van der Waals surface area (Å²) in [6, 6.07) is 5.96. The number of hydrogen-bond acceptors (Lipinski definition) is 4. The summed E-state index contributed by atoms with van der Waals surface area (Å²) in [4.78, 5) is 0. The van der Waals surface area contributed by atoms with Gasteiger partial charge in [-0.1, -0.05) is 6.07 Å². The van der Waals surface area contributed by atoms with E-state index in [2.05, 4.69) is 5.10 Å². The first-order valence-corrected chi connectivity index (χ1v) is 7.32. The van der Waals surface area contributed by atoms with Crippen molar-refractivity contribution in [3.8, 4) is 5.69 Å². The maximum absolute atomic E-state index is 13.1. The molecule has 0 amide bonds. The molecule has 1 aromatic carbocycles. The van der Waals surface area contributed by atoms with Crippen molar-refractivity contribution < 1.29 is 17.0 Å². The number of rotatable bonds is 4. The highest BCUT2D eigenvalue weighted by atomic mass is 32.2. The van der Waals surface area contributed by atoms with Crippen LogP contribution in [-0.2, 0) is 20.9 Å². The Hall–Kier alpha value is -1.73. The molecule has 0 fully saturated rings. The van der Waals surface area contributed by atoms with Crippen LogP contribution in [0.25, 0.3) is 5.69 Å². The third-order valence-electron chi connectivity index (χ3n) is 2.50. The monoisotopic (exact) mass is 284 g/mol. The van der Waals surface area contributed by atoms with E-state index in [0.29, 0.717) is 16.9 Å². The Morgan fingerprint density at radius 2 is 2.16 bits per heavy atom. The van der Waals surface area contributed by atoms with Crippen molar-refractivity contribution in [2.75, 3.05) is 6.26 Å². The summed E-state index contributed by atoms with van der Waals surface area (Å²) in [5.41, 5.74) is 1.83. The predicted octanol–water partition coefficient (Wildman–Crippen LogP) is 1.80. The molecule has 0 N–H and O–H groups in total. The highest BCUT2D eigenvalue weighted by Gasteiger charge is 2.10. The van der Waals surface area contributed by atoms with Crippen molar-refractivity contribution in [2.45, 2.75) is 13.5 Å². The Bertz CT molecular complexity index is 695. The Balaban J connectivity index is 2.26. The third kappa shape index (κ3) is 3.62. The van der Waals surface area contributed by atoms with Gasteiger partial charge in [-0.25, -0.2) is 9.07 Å². The van der Waals surface area contributed by atoms with E-state index < -0.39 is 10.1 Å². The lowest BCUT2D eigenvalue weighted by atomic mass is 10.3. The van der Waals surface area contributed by atoms with Crippen LogP contribution in [0.5, 0.6) is 0 Å². The van der Waals surface area contributed by atoms with Gasteiger partial charge in [0.2, 0.25) is 0 Å². The molecule has 0 atom stereocenters. The Kier molecular flexibility index (Phi) is 3.68. The SMILES string of the molecule is Cc1nn(-c2cccc(F)c2)cc1COS(C)(=O)=O. The van der Waals surface area contributed by atoms with Crippen molar-refractivity contribution >= 4 is 10.1 Å². The number of aryl methyl sites for hydroxylation is 1. The minimum atomic E-state index is -3.50. The van der Waals surface area contributed by atoms with E-state index in [9.17, 15) is 12.8 Å². The molecule has 1 heterocycles. The predicted molar refractivity (Wildman–Crippen MR) is 67.9 cm³/mol. The molecule has 102 valence electrons. The van der Waals surface area contributed by atoms with Crippen molar-refractivity contribution in [3.05, 3.63) is 47.5 Å². The molecule has 7 heteroatoms. The van der Waals surface area contributed by atoms with Crippen LogP contribution in [0.4, 0.5) is 4.39 Å². The zero-order valence-corrected chi connectivity index (χ0v) is 11.3. The van der Waals surface area contributed by atoms with E-state index in [1.54, 1.807) is 25.3 Å². The number of aromatic nitrogens is 2. The number of hydrogen-bond donors (Lipinski definition) is 0. The van der Waals surface area contributed by atoms with Crippen LogP contribution >= 0.6 is 0 Å². The van der Waals surface area contributed by atoms with Gasteiger partial charge in [-0.05, 0) is 25.1 Å². The molecule has 0 saturated heterocycles. The normalized spacial score (nSPS) is 11.7. The number of benzene rings is 1. The number of nitrogens with zero attached hydrogens (tertiary/aromatic N) is 2. The second-order valence-corrected chi connectivity index (χ2v) is 5.77. The zero-order chi connectivity index (χ0) is 14.0. The fourth-order valence-corrected chi connectivity index (χ4v) is 1.90. The molecule has 2 aromatic rings. The Labute approximate surface area is 110 Å². The topological polar surface area (TPSA) is 61.2 Å². The summed E-state index contributed by atoms with van der Waals surface area (Å²) in [6.45, 7) is 1.65. The average Bonchev–Trinajstić information content (AvgIpc) is 2.67. The zero-order valence-electron chi connectivity index (χ0n) is 10.5. The Morgan fingerprint density at radius 1 is 1.42 bits per heavy atom. The fourth-order valence-electron chi connectivity index (χ4n) is 1.56. The van der Waals surface area contributed by atoms with Crippen LogP contribution in [0.3, 0.4) is 0 Å². The van der Waals surface area contributed by atoms with Crippen molar-refractivity contribution in [1.29, 1.82) is 0 Å². The first-order chi connectivity index (χ1) is 8.85. The minimum Gasteiger partial charge on any atom is -0.265 e. The van der Waals surface area contributed by atoms with E-state index in [0.717, 1.165) is 6.26 Å². The van der Waals surface area contributed by atoms with Crippen LogP contribution in [0.2, 0.25) is 0 Å². The van der Waals surface area contributed by atoms with Crippen LogP contribution < -0.4 is 0 Å². The third-order valence-corrected chi connectivity index (χ3v) is 3.05. The molecule has 0 aliphatic heterocycles. The van der Waals surface area contributed by atoms with Crippen molar-refractivity contribution in [2.24, 2.45) is 0 Å². The standard InChI is InChI=1S/C12H13FN2O3S/c1-9-10(8-18-19(2,16)17)7-15(14-9)12-5-3-4-11(13)6-12/h3-7H,8H2,1-2H3. The van der Waals surface area contributed by atoms with Gasteiger partial charge in [0, 0.05) is 11.8 Å². The molecule has 0 unspecified atom stereocenters. The summed E-state index contributed by atoms with van der Waals surface area (Å²) >= 11 is 0. The first kappa shape index (κ1) is 13.7. The molecule has 1 aromatic heterocycles. The van der Waals surface area contributed by atoms with Gasteiger partial charge in [-0.3, -0.25) is 4.18 Å². The summed E-state index contributed by atoms with van der Waals surface area (Å²) in [5, 5.41) is 4.20. The second-order valence-electron chi connectivity index (χ2n) is 4.13. The summed E-state index contributed by atoms with van der Waals surface area (Å²) < 4.78 is 41.2. The van der Waals surface area contributed by atoms with Gasteiger partial charge in [-0.2, -0.15) is 13.5 Å². The van der Waals surface area contributed by atoms with Crippen LogP contribution in [0.1, 0.15) is 11.3 Å². The van der Waals surface area contributed by atoms with Crippen LogP contribution in [0.15, 0.2) is 30.5 Å². The highest BCUT2D eigenvalue weighted by molar-refractivity contribution is 7.85. The summed E-state index contributed by atoms with van der Waals surface area (Å²) in [5.74, 6) is -0.361. The highest BCUT2D eigenvalue weighted by Crippen LogP contribution is 2.14. The van der Waals surface area contributed by atoms with Gasteiger partial charge in [-0.15, -0.1) is 0 Å². The average molecular weight is 284 g/mol. The lowest BCUT2D eigenvalue weighted by molar-refractivity contribution is 0.311. The van der Waals surface area contributed by atoms with Crippen molar-refractivity contribution in [1.82, 2.24) is 9.78 Å². The molecular formula is C12H13FN2O3S.